The van der Waals surface area contributed by atoms with Crippen molar-refractivity contribution in [2.24, 2.45) is 5.92 Å². The lowest BCUT2D eigenvalue weighted by Crippen LogP contribution is -2.21. The third-order valence-electron chi connectivity index (χ3n) is 2.19. The van der Waals surface area contributed by atoms with Crippen molar-refractivity contribution >= 4 is 5.78 Å². The van der Waals surface area contributed by atoms with E-state index < -0.39 is 0 Å². The van der Waals surface area contributed by atoms with Crippen LogP contribution in [-0.4, -0.2) is 44.5 Å². The predicted octanol–water partition coefficient (Wildman–Crippen LogP) is 0.544. The number of ether oxygens (including phenoxy) is 1. The molecule has 0 spiro atoms. The average molecular weight is 171 g/mol. The lowest BCUT2D eigenvalue weighted by atomic mass is 10.0. The molecule has 1 atom stereocenters. The summed E-state index contributed by atoms with van der Waals surface area (Å²) < 4.78 is 5.15. The third-order valence-corrected chi connectivity index (χ3v) is 2.19. The first-order chi connectivity index (χ1) is 5.70. The number of carbonyl (C=O) groups is 1. The molecule has 1 aliphatic heterocycles. The zero-order valence-corrected chi connectivity index (χ0v) is 7.88. The SMILES string of the molecule is CN(C)CCC(=O)C1CCOC1. The molecule has 3 heteroatoms. The lowest BCUT2D eigenvalue weighted by Gasteiger charge is -2.10. The maximum atomic E-state index is 11.4. The van der Waals surface area contributed by atoms with Gasteiger partial charge >= 0.3 is 0 Å². The van der Waals surface area contributed by atoms with Crippen molar-refractivity contribution in [3.63, 3.8) is 0 Å². The van der Waals surface area contributed by atoms with Crippen LogP contribution >= 0.6 is 0 Å². The first kappa shape index (κ1) is 9.68. The van der Waals surface area contributed by atoms with Crippen LogP contribution in [0, 0.1) is 5.92 Å². The third kappa shape index (κ3) is 2.91. The quantitative estimate of drug-likeness (QED) is 0.618. The smallest absolute Gasteiger partial charge is 0.139 e. The van der Waals surface area contributed by atoms with Gasteiger partial charge in [-0.3, -0.25) is 4.79 Å². The molecule has 0 radical (unpaired) electrons. The summed E-state index contributed by atoms with van der Waals surface area (Å²) >= 11 is 0. The van der Waals surface area contributed by atoms with E-state index in [0.29, 0.717) is 18.8 Å². The van der Waals surface area contributed by atoms with Gasteiger partial charge in [0.25, 0.3) is 0 Å². The Kier molecular flexibility index (Phi) is 3.69. The molecule has 0 N–H and O–H groups in total. The van der Waals surface area contributed by atoms with Crippen LogP contribution in [0.15, 0.2) is 0 Å². The van der Waals surface area contributed by atoms with Gasteiger partial charge < -0.3 is 9.64 Å². The summed E-state index contributed by atoms with van der Waals surface area (Å²) in [6, 6.07) is 0. The van der Waals surface area contributed by atoms with Crippen LogP contribution in [0.2, 0.25) is 0 Å². The molecule has 0 aromatic rings. The van der Waals surface area contributed by atoms with Gasteiger partial charge in [0.1, 0.15) is 5.78 Å². The van der Waals surface area contributed by atoms with Crippen LogP contribution in [0.25, 0.3) is 0 Å². The highest BCUT2D eigenvalue weighted by molar-refractivity contribution is 5.81. The highest BCUT2D eigenvalue weighted by atomic mass is 16.5. The zero-order valence-electron chi connectivity index (χ0n) is 7.88. The monoisotopic (exact) mass is 171 g/mol. The van der Waals surface area contributed by atoms with Crippen molar-refractivity contribution in [2.45, 2.75) is 12.8 Å². The van der Waals surface area contributed by atoms with E-state index in [1.807, 2.05) is 19.0 Å². The first-order valence-corrected chi connectivity index (χ1v) is 4.45. The summed E-state index contributed by atoms with van der Waals surface area (Å²) in [5.41, 5.74) is 0. The fourth-order valence-electron chi connectivity index (χ4n) is 1.33. The Morgan fingerprint density at radius 3 is 2.83 bits per heavy atom. The maximum Gasteiger partial charge on any atom is 0.139 e. The van der Waals surface area contributed by atoms with Gasteiger partial charge in [0.2, 0.25) is 0 Å². The molecular formula is C9H17NO2. The van der Waals surface area contributed by atoms with E-state index in [-0.39, 0.29) is 5.92 Å². The number of hydrogen-bond donors (Lipinski definition) is 0. The van der Waals surface area contributed by atoms with E-state index in [4.69, 9.17) is 4.74 Å². The number of nitrogens with zero attached hydrogens (tertiary/aromatic N) is 1. The molecular weight excluding hydrogens is 154 g/mol. The van der Waals surface area contributed by atoms with Crippen LogP contribution in [0.1, 0.15) is 12.8 Å². The van der Waals surface area contributed by atoms with Crippen molar-refractivity contribution in [1.82, 2.24) is 4.90 Å². The fraction of sp³-hybridized carbons (Fsp3) is 0.889. The Balaban J connectivity index is 2.18. The minimum Gasteiger partial charge on any atom is -0.381 e. The number of ketones is 1. The first-order valence-electron chi connectivity index (χ1n) is 4.45. The number of carbonyl (C=O) groups excluding carboxylic acids is 1. The zero-order chi connectivity index (χ0) is 8.97. The largest absolute Gasteiger partial charge is 0.381 e. The van der Waals surface area contributed by atoms with E-state index in [1.165, 1.54) is 0 Å². The Morgan fingerprint density at radius 1 is 1.58 bits per heavy atom. The van der Waals surface area contributed by atoms with Crippen molar-refractivity contribution in [1.29, 1.82) is 0 Å². The number of Topliss-reactive ketones (excluding diaryl/α,β-unsaturated/α-hetero) is 1. The minimum absolute atomic E-state index is 0.185. The summed E-state index contributed by atoms with van der Waals surface area (Å²) in [5.74, 6) is 0.547. The van der Waals surface area contributed by atoms with E-state index >= 15 is 0 Å². The second kappa shape index (κ2) is 4.58. The molecule has 1 rings (SSSR count). The second-order valence-corrected chi connectivity index (χ2v) is 3.58. The summed E-state index contributed by atoms with van der Waals surface area (Å²) in [4.78, 5) is 13.5. The van der Waals surface area contributed by atoms with Crippen molar-refractivity contribution in [2.75, 3.05) is 33.9 Å². The molecule has 1 saturated heterocycles. The molecule has 0 saturated carbocycles. The molecule has 0 bridgehead atoms. The van der Waals surface area contributed by atoms with Gasteiger partial charge in [-0.25, -0.2) is 0 Å². The standard InChI is InChI=1S/C9H17NO2/c1-10(2)5-3-9(11)8-4-6-12-7-8/h8H,3-7H2,1-2H3. The minimum atomic E-state index is 0.185. The Morgan fingerprint density at radius 2 is 2.33 bits per heavy atom. The van der Waals surface area contributed by atoms with E-state index in [1.54, 1.807) is 0 Å². The molecule has 1 fully saturated rings. The van der Waals surface area contributed by atoms with E-state index in [0.717, 1.165) is 19.6 Å². The van der Waals surface area contributed by atoms with Crippen molar-refractivity contribution < 1.29 is 9.53 Å². The molecule has 0 aromatic carbocycles. The van der Waals surface area contributed by atoms with Crippen LogP contribution in [0.5, 0.6) is 0 Å². The van der Waals surface area contributed by atoms with Gasteiger partial charge in [0, 0.05) is 25.5 Å². The Hall–Kier alpha value is -0.410. The summed E-state index contributed by atoms with van der Waals surface area (Å²) in [6.45, 7) is 2.26. The molecule has 12 heavy (non-hydrogen) atoms. The van der Waals surface area contributed by atoms with Crippen molar-refractivity contribution in [3.8, 4) is 0 Å². The van der Waals surface area contributed by atoms with Crippen LogP contribution in [0.4, 0.5) is 0 Å². The van der Waals surface area contributed by atoms with Gasteiger partial charge in [0.15, 0.2) is 0 Å². The molecule has 1 heterocycles. The average Bonchev–Trinajstić information content (AvgIpc) is 2.51. The molecule has 70 valence electrons. The summed E-state index contributed by atoms with van der Waals surface area (Å²) in [7, 11) is 3.97. The van der Waals surface area contributed by atoms with Gasteiger partial charge in [0.05, 0.1) is 6.61 Å². The Bertz CT molecular complexity index is 151. The molecule has 3 nitrogen and oxygen atoms in total. The topological polar surface area (TPSA) is 29.5 Å². The van der Waals surface area contributed by atoms with Crippen LogP contribution < -0.4 is 0 Å². The second-order valence-electron chi connectivity index (χ2n) is 3.58. The predicted molar refractivity (Wildman–Crippen MR) is 47.1 cm³/mol. The molecule has 1 unspecified atom stereocenters. The van der Waals surface area contributed by atoms with Gasteiger partial charge in [-0.2, -0.15) is 0 Å². The number of rotatable bonds is 4. The molecule has 1 aliphatic rings. The van der Waals surface area contributed by atoms with E-state index in [2.05, 4.69) is 0 Å². The Labute approximate surface area is 73.7 Å². The fourth-order valence-corrected chi connectivity index (χ4v) is 1.33. The lowest BCUT2D eigenvalue weighted by molar-refractivity contribution is -0.123. The van der Waals surface area contributed by atoms with Crippen molar-refractivity contribution in [3.05, 3.63) is 0 Å². The maximum absolute atomic E-state index is 11.4. The molecule has 0 aliphatic carbocycles. The molecule has 0 amide bonds. The summed E-state index contributed by atoms with van der Waals surface area (Å²) in [5, 5.41) is 0. The summed E-state index contributed by atoms with van der Waals surface area (Å²) in [6.07, 6.45) is 1.59. The van der Waals surface area contributed by atoms with E-state index in [9.17, 15) is 4.79 Å². The highest BCUT2D eigenvalue weighted by Crippen LogP contribution is 2.14. The number of hydrogen-bond acceptors (Lipinski definition) is 3. The van der Waals surface area contributed by atoms with Gasteiger partial charge in [-0.05, 0) is 20.5 Å². The normalized spacial score (nSPS) is 23.4. The van der Waals surface area contributed by atoms with Gasteiger partial charge in [-0.15, -0.1) is 0 Å². The van der Waals surface area contributed by atoms with Crippen LogP contribution in [0.3, 0.4) is 0 Å². The van der Waals surface area contributed by atoms with Gasteiger partial charge in [-0.1, -0.05) is 0 Å². The molecule has 0 aromatic heterocycles. The van der Waals surface area contributed by atoms with Crippen LogP contribution in [-0.2, 0) is 9.53 Å². The highest BCUT2D eigenvalue weighted by Gasteiger charge is 2.22.